The second kappa shape index (κ2) is 17.0. The number of carbonyl (C=O) groups excluding carboxylic acids is 3. The van der Waals surface area contributed by atoms with Gasteiger partial charge in [-0.2, -0.15) is 0 Å². The van der Waals surface area contributed by atoms with Crippen molar-refractivity contribution < 1.29 is 14.4 Å². The third kappa shape index (κ3) is 9.78. The Morgan fingerprint density at radius 2 is 0.911 bits per heavy atom. The molecule has 8 nitrogen and oxygen atoms in total. The molecule has 292 valence electrons. The Labute approximate surface area is 333 Å². The maximum absolute atomic E-state index is 15.2. The van der Waals surface area contributed by atoms with E-state index in [1.54, 1.807) is 36.7 Å². The lowest BCUT2D eigenvalue weighted by atomic mass is 9.67. The minimum atomic E-state index is -1.20. The van der Waals surface area contributed by atoms with E-state index in [0.717, 1.165) is 16.7 Å². The van der Waals surface area contributed by atoms with E-state index in [2.05, 4.69) is 161 Å². The van der Waals surface area contributed by atoms with Crippen LogP contribution in [0.2, 0.25) is 0 Å². The number of aromatic nitrogens is 2. The van der Waals surface area contributed by atoms with Crippen LogP contribution in [-0.4, -0.2) is 40.3 Å². The molecule has 0 saturated heterocycles. The zero-order chi connectivity index (χ0) is 40.7. The van der Waals surface area contributed by atoms with Gasteiger partial charge in [0.15, 0.2) is 0 Å². The maximum atomic E-state index is 15.2. The molecule has 0 bridgehead atoms. The first kappa shape index (κ1) is 41.5. The lowest BCUT2D eigenvalue weighted by molar-refractivity contribution is -0.124. The van der Waals surface area contributed by atoms with Gasteiger partial charge in [-0.3, -0.25) is 24.4 Å². The maximum Gasteiger partial charge on any atom is 0.252 e. The highest BCUT2D eigenvalue weighted by Crippen LogP contribution is 2.42. The summed E-state index contributed by atoms with van der Waals surface area (Å²) < 4.78 is 0. The summed E-state index contributed by atoms with van der Waals surface area (Å²) in [5, 5.41) is 9.07. The average Bonchev–Trinajstić information content (AvgIpc) is 3.16. The van der Waals surface area contributed by atoms with Gasteiger partial charge in [0.2, 0.25) is 11.8 Å². The number of nitrogens with one attached hydrogen (secondary N) is 3. The lowest BCUT2D eigenvalue weighted by Gasteiger charge is -2.36. The highest BCUT2D eigenvalue weighted by atomic mass is 16.2. The van der Waals surface area contributed by atoms with E-state index in [9.17, 15) is 9.59 Å². The van der Waals surface area contributed by atoms with Crippen molar-refractivity contribution in [3.8, 4) is 0 Å². The topological polar surface area (TPSA) is 113 Å². The van der Waals surface area contributed by atoms with Crippen molar-refractivity contribution in [2.24, 2.45) is 0 Å². The van der Waals surface area contributed by atoms with Crippen molar-refractivity contribution >= 4 is 23.4 Å². The van der Waals surface area contributed by atoms with Crippen LogP contribution in [0.25, 0.3) is 0 Å². The second-order valence-electron chi connectivity index (χ2n) is 17.6. The molecule has 1 atom stereocenters. The Bertz CT molecular complexity index is 1940. The van der Waals surface area contributed by atoms with Crippen molar-refractivity contribution in [1.82, 2.24) is 20.6 Å². The molecule has 0 saturated carbocycles. The minimum Gasteiger partial charge on any atom is -0.355 e. The van der Waals surface area contributed by atoms with Crippen LogP contribution in [-0.2, 0) is 31.2 Å². The quantitative estimate of drug-likeness (QED) is 0.0870. The van der Waals surface area contributed by atoms with E-state index in [0.29, 0.717) is 17.7 Å². The molecule has 3 aromatic carbocycles. The summed E-state index contributed by atoms with van der Waals surface area (Å²) in [6, 6.07) is 31.0. The van der Waals surface area contributed by atoms with E-state index in [1.165, 1.54) is 29.1 Å². The molecule has 3 amide bonds. The Morgan fingerprint density at radius 3 is 1.30 bits per heavy atom. The Kier molecular flexibility index (Phi) is 12.6. The third-order valence-corrected chi connectivity index (χ3v) is 10.4. The van der Waals surface area contributed by atoms with Crippen LogP contribution in [0.1, 0.15) is 119 Å². The molecule has 0 aliphatic rings. The molecule has 5 aromatic rings. The summed E-state index contributed by atoms with van der Waals surface area (Å²) in [6.07, 6.45) is 6.95. The number of anilines is 1. The Morgan fingerprint density at radius 1 is 0.536 bits per heavy atom. The van der Waals surface area contributed by atoms with Crippen molar-refractivity contribution in [1.29, 1.82) is 0 Å². The average molecular weight is 752 g/mol. The third-order valence-electron chi connectivity index (χ3n) is 10.4. The molecule has 5 rings (SSSR count). The van der Waals surface area contributed by atoms with Gasteiger partial charge in [0, 0.05) is 42.6 Å². The molecule has 3 N–H and O–H groups in total. The van der Waals surface area contributed by atoms with Crippen molar-refractivity contribution in [3.05, 3.63) is 161 Å². The van der Waals surface area contributed by atoms with Crippen LogP contribution >= 0.6 is 0 Å². The number of carbonyl (C=O) groups is 3. The van der Waals surface area contributed by atoms with E-state index in [1.807, 2.05) is 0 Å². The number of nitrogens with zero attached hydrogens (tertiary/aromatic N) is 2. The molecule has 0 unspecified atom stereocenters. The van der Waals surface area contributed by atoms with Gasteiger partial charge in [0.05, 0.1) is 0 Å². The fourth-order valence-electron chi connectivity index (χ4n) is 6.87. The first-order valence-electron chi connectivity index (χ1n) is 19.4. The number of hydrogen-bond acceptors (Lipinski definition) is 5. The van der Waals surface area contributed by atoms with Crippen molar-refractivity contribution in [3.63, 3.8) is 0 Å². The van der Waals surface area contributed by atoms with Crippen LogP contribution in [0.15, 0.2) is 122 Å². The molecule has 2 aromatic heterocycles. The SMILES string of the molecule is CC(C)(C)c1ccc(C(C(=O)NCCC[C@H](NC(=O)c2ccncc2)C(=O)Nc2ccncc2)(c2ccc(C(C)(C)C)cc2)c2ccc(C(C)(C)C)cc2)cc1. The Balaban J connectivity index is 1.51. The predicted octanol–water partition coefficient (Wildman–Crippen LogP) is 9.04. The summed E-state index contributed by atoms with van der Waals surface area (Å²) in [6.45, 7) is 19.9. The van der Waals surface area contributed by atoms with Crippen LogP contribution in [0, 0.1) is 0 Å². The van der Waals surface area contributed by atoms with E-state index in [-0.39, 0.29) is 46.9 Å². The van der Waals surface area contributed by atoms with E-state index < -0.39 is 11.5 Å². The summed E-state index contributed by atoms with van der Waals surface area (Å²) in [5.41, 5.74) is 5.64. The zero-order valence-corrected chi connectivity index (χ0v) is 34.4. The summed E-state index contributed by atoms with van der Waals surface area (Å²) in [7, 11) is 0. The molecular weight excluding hydrogens is 695 g/mol. The highest BCUT2D eigenvalue weighted by molar-refractivity contribution is 6.01. The molecule has 8 heteroatoms. The standard InChI is InChI=1S/C48H57N5O3/c1-45(2,3)34-12-18-37(19-13-34)48(38-20-14-35(15-21-38)46(4,5)6,39-22-16-36(17-23-39)47(7,8)9)44(56)51-28-10-11-41(43(55)52-40-26-31-50-32-27-40)53-42(54)33-24-29-49-30-25-33/h12-27,29-32,41H,10-11,28H2,1-9H3,(H,51,56)(H,53,54)(H,50,52,55)/t41-/m0/s1. The molecule has 2 heterocycles. The predicted molar refractivity (Wildman–Crippen MR) is 226 cm³/mol. The number of amides is 3. The van der Waals surface area contributed by atoms with E-state index >= 15 is 4.79 Å². The molecule has 0 spiro atoms. The largest absolute Gasteiger partial charge is 0.355 e. The summed E-state index contributed by atoms with van der Waals surface area (Å²) in [5.74, 6) is -0.927. The number of rotatable bonds is 12. The van der Waals surface area contributed by atoms with Gasteiger partial charge < -0.3 is 16.0 Å². The summed E-state index contributed by atoms with van der Waals surface area (Å²) in [4.78, 5) is 50.0. The number of hydrogen-bond donors (Lipinski definition) is 3. The zero-order valence-electron chi connectivity index (χ0n) is 34.4. The molecule has 0 aliphatic carbocycles. The van der Waals surface area contributed by atoms with Gasteiger partial charge in [-0.25, -0.2) is 0 Å². The smallest absolute Gasteiger partial charge is 0.252 e. The fraction of sp³-hybridized carbons (Fsp3) is 0.354. The monoisotopic (exact) mass is 751 g/mol. The van der Waals surface area contributed by atoms with Crippen molar-refractivity contribution in [2.75, 3.05) is 11.9 Å². The first-order valence-corrected chi connectivity index (χ1v) is 19.4. The van der Waals surface area contributed by atoms with Gasteiger partial charge in [0.1, 0.15) is 11.5 Å². The van der Waals surface area contributed by atoms with Gasteiger partial charge >= 0.3 is 0 Å². The Hall–Kier alpha value is -5.63. The normalized spacial score (nSPS) is 12.7. The first-order chi connectivity index (χ1) is 26.4. The van der Waals surface area contributed by atoms with Gasteiger partial charge in [-0.05, 0) is 86.7 Å². The van der Waals surface area contributed by atoms with Crippen LogP contribution in [0.4, 0.5) is 5.69 Å². The van der Waals surface area contributed by atoms with Crippen LogP contribution in [0.5, 0.6) is 0 Å². The van der Waals surface area contributed by atoms with Crippen molar-refractivity contribution in [2.45, 2.75) is 103 Å². The number of benzene rings is 3. The van der Waals surface area contributed by atoms with Crippen LogP contribution < -0.4 is 16.0 Å². The molecule has 0 radical (unpaired) electrons. The second-order valence-corrected chi connectivity index (χ2v) is 17.6. The van der Waals surface area contributed by atoms with Gasteiger partial charge in [-0.1, -0.05) is 135 Å². The van der Waals surface area contributed by atoms with Crippen LogP contribution in [0.3, 0.4) is 0 Å². The lowest BCUT2D eigenvalue weighted by Crippen LogP contribution is -2.47. The van der Waals surface area contributed by atoms with E-state index in [4.69, 9.17) is 0 Å². The minimum absolute atomic E-state index is 0.0702. The molecule has 0 aliphatic heterocycles. The molecule has 0 fully saturated rings. The molecular formula is C48H57N5O3. The molecule has 56 heavy (non-hydrogen) atoms. The highest BCUT2D eigenvalue weighted by Gasteiger charge is 2.44. The summed E-state index contributed by atoms with van der Waals surface area (Å²) >= 11 is 0. The van der Waals surface area contributed by atoms with Gasteiger partial charge in [-0.15, -0.1) is 0 Å². The number of pyridine rings is 2. The fourth-order valence-corrected chi connectivity index (χ4v) is 6.87. The van der Waals surface area contributed by atoms with Gasteiger partial charge in [0.25, 0.3) is 5.91 Å².